The average molecular weight is 304 g/mol. The van der Waals surface area contributed by atoms with Crippen molar-refractivity contribution in [3.8, 4) is 0 Å². The van der Waals surface area contributed by atoms with E-state index in [1.165, 1.54) is 24.3 Å². The Morgan fingerprint density at radius 3 is 2.39 bits per heavy atom. The smallest absolute Gasteiger partial charge is 0.199 e. The second kappa shape index (κ2) is 5.27. The van der Waals surface area contributed by atoms with Crippen LogP contribution in [0.25, 0.3) is 0 Å². The lowest BCUT2D eigenvalue weighted by atomic mass is 10.0. The van der Waals surface area contributed by atoms with Crippen molar-refractivity contribution in [1.82, 2.24) is 0 Å². The Hall–Kier alpha value is -1.09. The highest BCUT2D eigenvalue weighted by Gasteiger charge is 2.20. The molecule has 0 bridgehead atoms. The van der Waals surface area contributed by atoms with Gasteiger partial charge >= 0.3 is 0 Å². The Kier molecular flexibility index (Phi) is 3.91. The van der Waals surface area contributed by atoms with Gasteiger partial charge in [-0.25, -0.2) is 4.39 Å². The molecule has 92 valence electrons. The average Bonchev–Trinajstić information content (AvgIpc) is 2.32. The normalized spacial score (nSPS) is 10.4. The monoisotopic (exact) mass is 302 g/mol. The minimum atomic E-state index is -0.691. The molecule has 2 aromatic carbocycles. The molecule has 2 aromatic rings. The van der Waals surface area contributed by atoms with E-state index in [2.05, 4.69) is 0 Å². The van der Waals surface area contributed by atoms with Crippen molar-refractivity contribution in [1.29, 1.82) is 0 Å². The number of hydrogen-bond donors (Lipinski definition) is 0. The lowest BCUT2D eigenvalue weighted by molar-refractivity contribution is 0.103. The van der Waals surface area contributed by atoms with Crippen molar-refractivity contribution < 1.29 is 9.18 Å². The number of carbonyl (C=O) groups excluding carboxylic acids is 1. The molecule has 0 unspecified atom stereocenters. The molecule has 0 saturated heterocycles. The van der Waals surface area contributed by atoms with Crippen LogP contribution in [0.5, 0.6) is 0 Å². The summed E-state index contributed by atoms with van der Waals surface area (Å²) in [6.07, 6.45) is 0. The van der Waals surface area contributed by atoms with Gasteiger partial charge in [0.2, 0.25) is 0 Å². The van der Waals surface area contributed by atoms with Gasteiger partial charge in [-0.2, -0.15) is 0 Å². The molecule has 0 fully saturated rings. The van der Waals surface area contributed by atoms with Crippen LogP contribution < -0.4 is 0 Å². The first-order valence-corrected chi connectivity index (χ1v) is 6.08. The molecule has 2 rings (SSSR count). The highest BCUT2D eigenvalue weighted by molar-refractivity contribution is 6.39. The fraction of sp³-hybridized carbons (Fsp3) is 0. The quantitative estimate of drug-likeness (QED) is 0.712. The van der Waals surface area contributed by atoms with E-state index in [0.29, 0.717) is 5.02 Å². The number of halogens is 4. The zero-order valence-corrected chi connectivity index (χ0v) is 11.2. The molecule has 0 N–H and O–H groups in total. The van der Waals surface area contributed by atoms with Crippen LogP contribution in [0.15, 0.2) is 36.4 Å². The Morgan fingerprint density at radius 1 is 1.00 bits per heavy atom. The van der Waals surface area contributed by atoms with Crippen molar-refractivity contribution in [2.24, 2.45) is 0 Å². The van der Waals surface area contributed by atoms with E-state index in [4.69, 9.17) is 34.8 Å². The van der Waals surface area contributed by atoms with E-state index in [1.54, 1.807) is 6.07 Å². The lowest BCUT2D eigenvalue weighted by Gasteiger charge is -2.07. The molecular formula is C13H6Cl3FO. The van der Waals surface area contributed by atoms with Gasteiger partial charge in [-0.05, 0) is 30.3 Å². The maximum absolute atomic E-state index is 13.6. The summed E-state index contributed by atoms with van der Waals surface area (Å²) >= 11 is 17.5. The predicted molar refractivity (Wildman–Crippen MR) is 71.3 cm³/mol. The Morgan fingerprint density at radius 2 is 1.72 bits per heavy atom. The largest absolute Gasteiger partial charge is 0.288 e. The minimum absolute atomic E-state index is 0.0380. The predicted octanol–water partition coefficient (Wildman–Crippen LogP) is 5.02. The van der Waals surface area contributed by atoms with E-state index in [9.17, 15) is 9.18 Å². The molecule has 1 nitrogen and oxygen atoms in total. The third-order valence-corrected chi connectivity index (χ3v) is 3.24. The van der Waals surface area contributed by atoms with Gasteiger partial charge in [0.15, 0.2) is 5.78 Å². The van der Waals surface area contributed by atoms with Crippen LogP contribution in [0.4, 0.5) is 4.39 Å². The van der Waals surface area contributed by atoms with Gasteiger partial charge in [-0.15, -0.1) is 0 Å². The second-order valence-corrected chi connectivity index (χ2v) is 4.80. The second-order valence-electron chi connectivity index (χ2n) is 3.55. The number of carbonyl (C=O) groups is 1. The zero-order chi connectivity index (χ0) is 13.3. The molecule has 0 aliphatic heterocycles. The topological polar surface area (TPSA) is 17.1 Å². The van der Waals surface area contributed by atoms with Crippen molar-refractivity contribution in [3.05, 3.63) is 68.4 Å². The molecule has 18 heavy (non-hydrogen) atoms. The van der Waals surface area contributed by atoms with Crippen LogP contribution in [-0.4, -0.2) is 5.78 Å². The number of ketones is 1. The van der Waals surface area contributed by atoms with Gasteiger partial charge in [0.25, 0.3) is 0 Å². The van der Waals surface area contributed by atoms with Gasteiger partial charge < -0.3 is 0 Å². The lowest BCUT2D eigenvalue weighted by Crippen LogP contribution is -2.06. The first-order chi connectivity index (χ1) is 8.50. The molecule has 0 radical (unpaired) electrons. The third kappa shape index (κ3) is 2.51. The van der Waals surface area contributed by atoms with Crippen molar-refractivity contribution in [3.63, 3.8) is 0 Å². The molecular weight excluding hydrogens is 297 g/mol. The van der Waals surface area contributed by atoms with E-state index >= 15 is 0 Å². The zero-order valence-electron chi connectivity index (χ0n) is 8.88. The fourth-order valence-corrected chi connectivity index (χ4v) is 2.15. The summed E-state index contributed by atoms with van der Waals surface area (Å²) in [5.74, 6) is -1.28. The molecule has 0 saturated carbocycles. The molecule has 0 amide bonds. The standard InChI is InChI=1S/C13H6Cl3FO/c14-7-4-5-9(15)8(6-7)13(18)12-10(16)2-1-3-11(12)17/h1-6H. The molecule has 0 aromatic heterocycles. The molecule has 0 aliphatic carbocycles. The van der Waals surface area contributed by atoms with E-state index < -0.39 is 11.6 Å². The van der Waals surface area contributed by atoms with E-state index in [-0.39, 0.29) is 21.2 Å². The van der Waals surface area contributed by atoms with Gasteiger partial charge in [0.05, 0.1) is 15.6 Å². The first-order valence-electron chi connectivity index (χ1n) is 4.94. The Bertz CT molecular complexity index is 605. The molecule has 5 heteroatoms. The highest BCUT2D eigenvalue weighted by Crippen LogP contribution is 2.27. The SMILES string of the molecule is O=C(c1cc(Cl)ccc1Cl)c1c(F)cccc1Cl. The van der Waals surface area contributed by atoms with Crippen LogP contribution in [0.3, 0.4) is 0 Å². The van der Waals surface area contributed by atoms with Gasteiger partial charge in [0, 0.05) is 10.6 Å². The van der Waals surface area contributed by atoms with Crippen molar-refractivity contribution in [2.75, 3.05) is 0 Å². The van der Waals surface area contributed by atoms with Gasteiger partial charge in [0.1, 0.15) is 5.82 Å². The molecule has 0 aliphatic rings. The van der Waals surface area contributed by atoms with E-state index in [1.807, 2.05) is 0 Å². The summed E-state index contributed by atoms with van der Waals surface area (Å²) in [7, 11) is 0. The van der Waals surface area contributed by atoms with Crippen LogP contribution in [0, 0.1) is 5.82 Å². The minimum Gasteiger partial charge on any atom is -0.288 e. The summed E-state index contributed by atoms with van der Waals surface area (Å²) in [5, 5.41) is 0.579. The van der Waals surface area contributed by atoms with Crippen LogP contribution in [-0.2, 0) is 0 Å². The summed E-state index contributed by atoms with van der Waals surface area (Å²) in [6, 6.07) is 8.44. The van der Waals surface area contributed by atoms with Gasteiger partial charge in [-0.1, -0.05) is 40.9 Å². The number of benzene rings is 2. The van der Waals surface area contributed by atoms with Crippen LogP contribution in [0.1, 0.15) is 15.9 Å². The number of hydrogen-bond acceptors (Lipinski definition) is 1. The first kappa shape index (κ1) is 13.3. The summed E-state index contributed by atoms with van der Waals surface area (Å²) in [6.45, 7) is 0. The van der Waals surface area contributed by atoms with E-state index in [0.717, 1.165) is 6.07 Å². The summed E-state index contributed by atoms with van der Waals surface area (Å²) < 4.78 is 13.6. The molecule has 0 spiro atoms. The summed E-state index contributed by atoms with van der Waals surface area (Å²) in [4.78, 5) is 12.2. The van der Waals surface area contributed by atoms with Crippen molar-refractivity contribution >= 4 is 40.6 Å². The highest BCUT2D eigenvalue weighted by atomic mass is 35.5. The fourth-order valence-electron chi connectivity index (χ4n) is 1.52. The number of rotatable bonds is 2. The Labute approximate surface area is 118 Å². The summed E-state index contributed by atoms with van der Waals surface area (Å²) in [5.41, 5.74) is -0.0838. The maximum atomic E-state index is 13.6. The van der Waals surface area contributed by atoms with Crippen LogP contribution in [0.2, 0.25) is 15.1 Å². The Balaban J connectivity index is 2.58. The van der Waals surface area contributed by atoms with Gasteiger partial charge in [-0.3, -0.25) is 4.79 Å². The van der Waals surface area contributed by atoms with Crippen molar-refractivity contribution in [2.45, 2.75) is 0 Å². The molecule has 0 atom stereocenters. The third-order valence-electron chi connectivity index (χ3n) is 2.36. The van der Waals surface area contributed by atoms with Crippen LogP contribution >= 0.6 is 34.8 Å². The molecule has 0 heterocycles. The maximum Gasteiger partial charge on any atom is 0.199 e.